The highest BCUT2D eigenvalue weighted by atomic mass is 19.1. The van der Waals surface area contributed by atoms with Crippen molar-refractivity contribution in [2.75, 3.05) is 26.3 Å². The number of esters is 1. The van der Waals surface area contributed by atoms with Gasteiger partial charge >= 0.3 is 5.97 Å². The van der Waals surface area contributed by atoms with Crippen LogP contribution >= 0.6 is 0 Å². The lowest BCUT2D eigenvalue weighted by Gasteiger charge is -2.31. The molecular weight excluding hydrogens is 373 g/mol. The molecule has 1 aliphatic heterocycles. The summed E-state index contributed by atoms with van der Waals surface area (Å²) in [5, 5.41) is 0. The summed E-state index contributed by atoms with van der Waals surface area (Å²) in [6.45, 7) is 3.55. The smallest absolute Gasteiger partial charge is 0.309 e. The van der Waals surface area contributed by atoms with Crippen LogP contribution in [0.4, 0.5) is 4.39 Å². The van der Waals surface area contributed by atoms with E-state index in [2.05, 4.69) is 6.92 Å². The monoisotopic (exact) mass is 399 g/mol. The zero-order chi connectivity index (χ0) is 20.6. The van der Waals surface area contributed by atoms with Gasteiger partial charge < -0.3 is 14.4 Å². The summed E-state index contributed by atoms with van der Waals surface area (Å²) in [5.74, 6) is -0.196. The molecule has 0 atom stereocenters. The average molecular weight is 399 g/mol. The summed E-state index contributed by atoms with van der Waals surface area (Å²) in [6.07, 6.45) is 2.06. The van der Waals surface area contributed by atoms with E-state index in [1.807, 2.05) is 24.3 Å². The van der Waals surface area contributed by atoms with Crippen LogP contribution < -0.4 is 4.74 Å². The molecule has 2 aromatic rings. The minimum atomic E-state index is -0.370. The van der Waals surface area contributed by atoms with Crippen LogP contribution in [0, 0.1) is 11.7 Å². The van der Waals surface area contributed by atoms with E-state index in [9.17, 15) is 14.0 Å². The van der Waals surface area contributed by atoms with Crippen molar-refractivity contribution in [1.82, 2.24) is 4.90 Å². The Morgan fingerprint density at radius 3 is 2.48 bits per heavy atom. The predicted octanol–water partition coefficient (Wildman–Crippen LogP) is 3.86. The van der Waals surface area contributed by atoms with E-state index in [0.717, 1.165) is 12.2 Å². The number of rotatable bonds is 7. The normalized spacial score (nSPS) is 14.5. The maximum absolute atomic E-state index is 13.0. The molecule has 5 nitrogen and oxygen atoms in total. The molecule has 0 radical (unpaired) electrons. The maximum Gasteiger partial charge on any atom is 0.309 e. The highest BCUT2D eigenvalue weighted by Gasteiger charge is 2.28. The van der Waals surface area contributed by atoms with Gasteiger partial charge in [-0.15, -0.1) is 0 Å². The zero-order valence-electron chi connectivity index (χ0n) is 16.6. The van der Waals surface area contributed by atoms with Crippen LogP contribution in [-0.4, -0.2) is 43.1 Å². The van der Waals surface area contributed by atoms with Crippen molar-refractivity contribution >= 4 is 11.9 Å². The standard InChI is InChI=1S/C23H26FNO4/c1-2-17-4-3-5-21(16-17)28-14-15-29-23(27)19-10-12-25(13-11-19)22(26)18-6-8-20(24)9-7-18/h3-9,16,19H,2,10-15H2,1H3. The molecule has 0 unspecified atom stereocenters. The van der Waals surface area contributed by atoms with Crippen LogP contribution in [0.2, 0.25) is 0 Å². The van der Waals surface area contributed by atoms with Crippen molar-refractivity contribution in [2.24, 2.45) is 5.92 Å². The van der Waals surface area contributed by atoms with Crippen LogP contribution in [0.5, 0.6) is 5.75 Å². The number of ether oxygens (including phenoxy) is 2. The van der Waals surface area contributed by atoms with E-state index in [0.29, 0.717) is 38.1 Å². The van der Waals surface area contributed by atoms with Crippen molar-refractivity contribution < 1.29 is 23.5 Å². The molecule has 29 heavy (non-hydrogen) atoms. The molecule has 1 fully saturated rings. The van der Waals surface area contributed by atoms with E-state index < -0.39 is 0 Å². The third-order valence-electron chi connectivity index (χ3n) is 5.11. The van der Waals surface area contributed by atoms with Gasteiger partial charge in [-0.25, -0.2) is 4.39 Å². The van der Waals surface area contributed by atoms with E-state index in [-0.39, 0.29) is 30.2 Å². The molecule has 2 aromatic carbocycles. The van der Waals surface area contributed by atoms with Crippen molar-refractivity contribution in [3.05, 3.63) is 65.5 Å². The van der Waals surface area contributed by atoms with Crippen LogP contribution in [0.15, 0.2) is 48.5 Å². The number of hydrogen-bond donors (Lipinski definition) is 0. The summed E-state index contributed by atoms with van der Waals surface area (Å²) in [6, 6.07) is 13.4. The Kier molecular flexibility index (Phi) is 7.22. The van der Waals surface area contributed by atoms with Gasteiger partial charge in [-0.1, -0.05) is 19.1 Å². The van der Waals surface area contributed by atoms with E-state index in [1.165, 1.54) is 29.8 Å². The second-order valence-corrected chi connectivity index (χ2v) is 7.09. The quantitative estimate of drug-likeness (QED) is 0.524. The third kappa shape index (κ3) is 5.79. The van der Waals surface area contributed by atoms with Gasteiger partial charge in [-0.2, -0.15) is 0 Å². The first-order chi connectivity index (χ1) is 14.1. The Balaban J connectivity index is 1.38. The number of nitrogens with zero attached hydrogens (tertiary/aromatic N) is 1. The Morgan fingerprint density at radius 1 is 1.07 bits per heavy atom. The van der Waals surface area contributed by atoms with Gasteiger partial charge in [0.25, 0.3) is 5.91 Å². The topological polar surface area (TPSA) is 55.8 Å². The summed E-state index contributed by atoms with van der Waals surface area (Å²) in [5.41, 5.74) is 1.65. The van der Waals surface area contributed by atoms with Gasteiger partial charge in [-0.05, 0) is 61.2 Å². The van der Waals surface area contributed by atoms with Gasteiger partial charge in [0.1, 0.15) is 24.8 Å². The average Bonchev–Trinajstić information content (AvgIpc) is 2.77. The molecule has 6 heteroatoms. The largest absolute Gasteiger partial charge is 0.490 e. The van der Waals surface area contributed by atoms with E-state index in [1.54, 1.807) is 4.90 Å². The van der Waals surface area contributed by atoms with Gasteiger partial charge in [-0.3, -0.25) is 9.59 Å². The number of piperidine rings is 1. The number of aryl methyl sites for hydroxylation is 1. The van der Waals surface area contributed by atoms with Crippen molar-refractivity contribution in [3.63, 3.8) is 0 Å². The summed E-state index contributed by atoms with van der Waals surface area (Å²) >= 11 is 0. The number of likely N-dealkylation sites (tertiary alicyclic amines) is 1. The van der Waals surface area contributed by atoms with Gasteiger partial charge in [0.15, 0.2) is 0 Å². The first-order valence-electron chi connectivity index (χ1n) is 10.00. The summed E-state index contributed by atoms with van der Waals surface area (Å²) < 4.78 is 24.0. The van der Waals surface area contributed by atoms with Crippen LogP contribution in [0.1, 0.15) is 35.7 Å². The Hall–Kier alpha value is -2.89. The second kappa shape index (κ2) is 10.0. The molecule has 1 heterocycles. The molecule has 0 bridgehead atoms. The molecule has 1 saturated heterocycles. The van der Waals surface area contributed by atoms with E-state index >= 15 is 0 Å². The minimum Gasteiger partial charge on any atom is -0.490 e. The van der Waals surface area contributed by atoms with Crippen molar-refractivity contribution in [2.45, 2.75) is 26.2 Å². The summed E-state index contributed by atoms with van der Waals surface area (Å²) in [4.78, 5) is 26.4. The lowest BCUT2D eigenvalue weighted by atomic mass is 9.96. The van der Waals surface area contributed by atoms with E-state index in [4.69, 9.17) is 9.47 Å². The molecule has 1 amide bonds. The molecule has 0 aromatic heterocycles. The molecular formula is C23H26FNO4. The number of carbonyl (C=O) groups excluding carboxylic acids is 2. The molecule has 0 saturated carbocycles. The Morgan fingerprint density at radius 2 is 1.79 bits per heavy atom. The maximum atomic E-state index is 13.0. The number of benzene rings is 2. The molecule has 0 aliphatic carbocycles. The molecule has 154 valence electrons. The SMILES string of the molecule is CCc1cccc(OCCOC(=O)C2CCN(C(=O)c3ccc(F)cc3)CC2)c1. The predicted molar refractivity (Wildman–Crippen MR) is 107 cm³/mol. The highest BCUT2D eigenvalue weighted by molar-refractivity contribution is 5.94. The minimum absolute atomic E-state index is 0.139. The molecule has 3 rings (SSSR count). The first kappa shape index (κ1) is 20.8. The Labute approximate surface area is 170 Å². The van der Waals surface area contributed by atoms with Crippen LogP contribution in [-0.2, 0) is 16.0 Å². The fourth-order valence-corrected chi connectivity index (χ4v) is 3.37. The number of halogens is 1. The zero-order valence-corrected chi connectivity index (χ0v) is 16.6. The lowest BCUT2D eigenvalue weighted by Crippen LogP contribution is -2.40. The van der Waals surface area contributed by atoms with Gasteiger partial charge in [0.05, 0.1) is 5.92 Å². The van der Waals surface area contributed by atoms with Crippen molar-refractivity contribution in [3.8, 4) is 5.75 Å². The van der Waals surface area contributed by atoms with Crippen molar-refractivity contribution in [1.29, 1.82) is 0 Å². The first-order valence-corrected chi connectivity index (χ1v) is 10.00. The summed E-state index contributed by atoms with van der Waals surface area (Å²) in [7, 11) is 0. The lowest BCUT2D eigenvalue weighted by molar-refractivity contribution is -0.150. The Bertz CT molecular complexity index is 829. The van der Waals surface area contributed by atoms with Gasteiger partial charge in [0, 0.05) is 18.7 Å². The fraction of sp³-hybridized carbons (Fsp3) is 0.391. The number of hydrogen-bond acceptors (Lipinski definition) is 4. The van der Waals surface area contributed by atoms with Crippen LogP contribution in [0.25, 0.3) is 0 Å². The van der Waals surface area contributed by atoms with Gasteiger partial charge in [0.2, 0.25) is 0 Å². The fourth-order valence-electron chi connectivity index (χ4n) is 3.37. The second-order valence-electron chi connectivity index (χ2n) is 7.09. The number of amides is 1. The molecule has 1 aliphatic rings. The van der Waals surface area contributed by atoms with Crippen LogP contribution in [0.3, 0.4) is 0 Å². The molecule has 0 spiro atoms. The third-order valence-corrected chi connectivity index (χ3v) is 5.11. The number of carbonyl (C=O) groups is 2. The molecule has 0 N–H and O–H groups in total. The highest BCUT2D eigenvalue weighted by Crippen LogP contribution is 2.21.